The van der Waals surface area contributed by atoms with Crippen molar-refractivity contribution in [1.29, 1.82) is 0 Å². The molecule has 20 heavy (non-hydrogen) atoms. The minimum atomic E-state index is -3.49. The molecule has 2 rings (SSSR count). The van der Waals surface area contributed by atoms with Gasteiger partial charge in [-0.2, -0.15) is 5.10 Å². The first kappa shape index (κ1) is 15.2. The summed E-state index contributed by atoms with van der Waals surface area (Å²) in [7, 11) is -1.61. The summed E-state index contributed by atoms with van der Waals surface area (Å²) >= 11 is 1.52. The van der Waals surface area contributed by atoms with Gasteiger partial charge in [-0.25, -0.2) is 13.1 Å². The van der Waals surface area contributed by atoms with Crippen LogP contribution in [0.25, 0.3) is 0 Å². The summed E-state index contributed by atoms with van der Waals surface area (Å²) < 4.78 is 28.4. The van der Waals surface area contributed by atoms with Gasteiger partial charge in [0.1, 0.15) is 4.90 Å². The Morgan fingerprint density at radius 1 is 1.45 bits per heavy atom. The predicted molar refractivity (Wildman–Crippen MR) is 79.1 cm³/mol. The molecule has 2 N–H and O–H groups in total. The number of rotatable bonds is 8. The van der Waals surface area contributed by atoms with E-state index in [9.17, 15) is 8.42 Å². The van der Waals surface area contributed by atoms with Crippen molar-refractivity contribution in [2.24, 2.45) is 0 Å². The van der Waals surface area contributed by atoms with Gasteiger partial charge >= 0.3 is 0 Å². The molecular formula is C12H18N4O2S2. The number of thiophene rings is 1. The zero-order valence-corrected chi connectivity index (χ0v) is 12.9. The zero-order chi connectivity index (χ0) is 14.4. The highest BCUT2D eigenvalue weighted by Gasteiger charge is 2.16. The molecule has 8 heteroatoms. The zero-order valence-electron chi connectivity index (χ0n) is 11.2. The summed E-state index contributed by atoms with van der Waals surface area (Å²) in [6.07, 6.45) is 3.85. The van der Waals surface area contributed by atoms with Gasteiger partial charge in [0, 0.05) is 24.2 Å². The van der Waals surface area contributed by atoms with Crippen LogP contribution in [0.4, 0.5) is 0 Å². The molecule has 0 atom stereocenters. The van der Waals surface area contributed by atoms with Crippen molar-refractivity contribution in [1.82, 2.24) is 19.8 Å². The number of hydrogen-bond donors (Lipinski definition) is 2. The maximum absolute atomic E-state index is 12.1. The first-order chi connectivity index (χ1) is 9.62. The smallest absolute Gasteiger partial charge is 0.244 e. The van der Waals surface area contributed by atoms with E-state index in [1.165, 1.54) is 17.5 Å². The standard InChI is InChI=1S/C12H18N4O2S2/c1-13-5-3-6-16-10-12(9-14-16)20(17,18)15-8-11-4-2-7-19-11/h2,4,7,9-10,13,15H,3,5-6,8H2,1H3. The molecule has 0 amide bonds. The van der Waals surface area contributed by atoms with Crippen LogP contribution < -0.4 is 10.0 Å². The van der Waals surface area contributed by atoms with Crippen LogP contribution in [0.1, 0.15) is 11.3 Å². The summed E-state index contributed by atoms with van der Waals surface area (Å²) in [6, 6.07) is 3.79. The quantitative estimate of drug-likeness (QED) is 0.714. The molecule has 0 aliphatic carbocycles. The van der Waals surface area contributed by atoms with Crippen molar-refractivity contribution >= 4 is 21.4 Å². The number of aromatic nitrogens is 2. The van der Waals surface area contributed by atoms with Crippen molar-refractivity contribution in [3.8, 4) is 0 Å². The number of aryl methyl sites for hydroxylation is 1. The maximum atomic E-state index is 12.1. The Labute approximate surface area is 122 Å². The van der Waals surface area contributed by atoms with E-state index >= 15 is 0 Å². The Hall–Kier alpha value is -1.22. The highest BCUT2D eigenvalue weighted by Crippen LogP contribution is 2.11. The minimum absolute atomic E-state index is 0.207. The van der Waals surface area contributed by atoms with Crippen molar-refractivity contribution in [2.45, 2.75) is 24.4 Å². The minimum Gasteiger partial charge on any atom is -0.320 e. The van der Waals surface area contributed by atoms with Gasteiger partial charge in [0.2, 0.25) is 10.0 Å². The largest absolute Gasteiger partial charge is 0.320 e. The highest BCUT2D eigenvalue weighted by molar-refractivity contribution is 7.89. The van der Waals surface area contributed by atoms with Gasteiger partial charge in [0.05, 0.1) is 6.20 Å². The van der Waals surface area contributed by atoms with Crippen molar-refractivity contribution in [3.05, 3.63) is 34.8 Å². The first-order valence-electron chi connectivity index (χ1n) is 6.31. The fourth-order valence-corrected chi connectivity index (χ4v) is 3.38. The molecule has 0 spiro atoms. The molecule has 0 bridgehead atoms. The summed E-state index contributed by atoms with van der Waals surface area (Å²) in [5.74, 6) is 0. The van der Waals surface area contributed by atoms with E-state index in [0.717, 1.165) is 17.8 Å². The van der Waals surface area contributed by atoms with Gasteiger partial charge in [-0.15, -0.1) is 11.3 Å². The Bertz CT molecular complexity index is 620. The third-order valence-electron chi connectivity index (χ3n) is 2.75. The normalized spacial score (nSPS) is 11.8. The van der Waals surface area contributed by atoms with Crippen molar-refractivity contribution < 1.29 is 8.42 Å². The number of nitrogens with one attached hydrogen (secondary N) is 2. The third kappa shape index (κ3) is 4.14. The molecule has 0 fully saturated rings. The first-order valence-corrected chi connectivity index (χ1v) is 8.67. The third-order valence-corrected chi connectivity index (χ3v) is 4.98. The molecule has 0 unspecified atom stereocenters. The second-order valence-electron chi connectivity index (χ2n) is 4.30. The lowest BCUT2D eigenvalue weighted by molar-refractivity contribution is 0.560. The molecule has 0 saturated carbocycles. The molecule has 0 aromatic carbocycles. The molecule has 0 aliphatic rings. The lowest BCUT2D eigenvalue weighted by atomic mass is 10.4. The Balaban J connectivity index is 1.95. The van der Waals surface area contributed by atoms with Crippen LogP contribution in [-0.2, 0) is 23.1 Å². The van der Waals surface area contributed by atoms with E-state index in [1.54, 1.807) is 10.9 Å². The average Bonchev–Trinajstić information content (AvgIpc) is 3.08. The van der Waals surface area contributed by atoms with E-state index in [-0.39, 0.29) is 4.90 Å². The molecular weight excluding hydrogens is 296 g/mol. The summed E-state index contributed by atoms with van der Waals surface area (Å²) in [6.45, 7) is 1.88. The Morgan fingerprint density at radius 3 is 3.00 bits per heavy atom. The van der Waals surface area contributed by atoms with Gasteiger partial charge in [0.25, 0.3) is 0 Å². The summed E-state index contributed by atoms with van der Waals surface area (Å²) in [5, 5.41) is 9.03. The number of hydrogen-bond acceptors (Lipinski definition) is 5. The monoisotopic (exact) mass is 314 g/mol. The van der Waals surface area contributed by atoms with E-state index < -0.39 is 10.0 Å². The molecule has 0 aliphatic heterocycles. The predicted octanol–water partition coefficient (Wildman–Crippen LogP) is 1.03. The fraction of sp³-hybridized carbons (Fsp3) is 0.417. The maximum Gasteiger partial charge on any atom is 0.244 e. The van der Waals surface area contributed by atoms with Crippen LogP contribution in [0.3, 0.4) is 0 Å². The molecule has 2 aromatic heterocycles. The summed E-state index contributed by atoms with van der Waals surface area (Å²) in [4.78, 5) is 1.19. The van der Waals surface area contributed by atoms with Crippen molar-refractivity contribution in [3.63, 3.8) is 0 Å². The molecule has 2 aromatic rings. The molecule has 0 radical (unpaired) electrons. The lowest BCUT2D eigenvalue weighted by Crippen LogP contribution is -2.22. The molecule has 0 saturated heterocycles. The van der Waals surface area contributed by atoms with Crippen LogP contribution in [0.5, 0.6) is 0 Å². The van der Waals surface area contributed by atoms with Gasteiger partial charge in [-0.3, -0.25) is 4.68 Å². The van der Waals surface area contributed by atoms with E-state index in [2.05, 4.69) is 15.1 Å². The van der Waals surface area contributed by atoms with Crippen LogP contribution in [0.15, 0.2) is 34.8 Å². The second-order valence-corrected chi connectivity index (χ2v) is 7.10. The Morgan fingerprint density at radius 2 is 2.30 bits per heavy atom. The van der Waals surface area contributed by atoms with Crippen LogP contribution in [0.2, 0.25) is 0 Å². The van der Waals surface area contributed by atoms with Crippen molar-refractivity contribution in [2.75, 3.05) is 13.6 Å². The van der Waals surface area contributed by atoms with Gasteiger partial charge < -0.3 is 5.32 Å². The van der Waals surface area contributed by atoms with E-state index in [0.29, 0.717) is 13.1 Å². The fourth-order valence-electron chi connectivity index (χ4n) is 1.69. The average molecular weight is 314 g/mol. The number of sulfonamides is 1. The van der Waals surface area contributed by atoms with E-state index in [4.69, 9.17) is 0 Å². The van der Waals surface area contributed by atoms with Crippen LogP contribution in [0, 0.1) is 0 Å². The van der Waals surface area contributed by atoms with Gasteiger partial charge in [0.15, 0.2) is 0 Å². The van der Waals surface area contributed by atoms with E-state index in [1.807, 2.05) is 24.6 Å². The van der Waals surface area contributed by atoms with Gasteiger partial charge in [-0.05, 0) is 31.5 Å². The Kier molecular flexibility index (Phi) is 5.30. The lowest BCUT2D eigenvalue weighted by Gasteiger charge is -2.03. The number of nitrogens with zero attached hydrogens (tertiary/aromatic N) is 2. The topological polar surface area (TPSA) is 76.0 Å². The summed E-state index contributed by atoms with van der Waals surface area (Å²) in [5.41, 5.74) is 0. The molecule has 6 nitrogen and oxygen atoms in total. The molecule has 2 heterocycles. The second kappa shape index (κ2) is 6.98. The molecule has 110 valence electrons. The van der Waals surface area contributed by atoms with Crippen LogP contribution >= 0.6 is 11.3 Å². The van der Waals surface area contributed by atoms with Gasteiger partial charge in [-0.1, -0.05) is 6.07 Å². The van der Waals surface area contributed by atoms with Crippen LogP contribution in [-0.4, -0.2) is 31.8 Å². The SMILES string of the molecule is CNCCCn1cc(S(=O)(=O)NCc2cccs2)cn1. The highest BCUT2D eigenvalue weighted by atomic mass is 32.2.